The molecular formula is C17H12N2O4. The van der Waals surface area contributed by atoms with Gasteiger partial charge < -0.3 is 9.52 Å². The fraction of sp³-hybridized carbons (Fsp3) is 0.0588. The molecule has 1 heterocycles. The van der Waals surface area contributed by atoms with E-state index in [2.05, 4.69) is 10.2 Å². The number of hydrogen-bond donors (Lipinski definition) is 1. The molecule has 1 N–H and O–H groups in total. The van der Waals surface area contributed by atoms with Crippen LogP contribution in [-0.2, 0) is 0 Å². The van der Waals surface area contributed by atoms with E-state index in [4.69, 9.17) is 9.52 Å². The van der Waals surface area contributed by atoms with Crippen molar-refractivity contribution in [2.24, 2.45) is 10.2 Å². The van der Waals surface area contributed by atoms with Crippen LogP contribution in [0.5, 0.6) is 0 Å². The van der Waals surface area contributed by atoms with Crippen LogP contribution in [0.2, 0.25) is 0 Å². The maximum atomic E-state index is 11.4. The second-order valence-corrected chi connectivity index (χ2v) is 4.98. The van der Waals surface area contributed by atoms with Gasteiger partial charge in [-0.3, -0.25) is 0 Å². The Bertz CT molecular complexity index is 972. The fourth-order valence-electron chi connectivity index (χ4n) is 2.16. The lowest BCUT2D eigenvalue weighted by atomic mass is 10.1. The first-order valence-electron chi connectivity index (χ1n) is 6.82. The number of carbonyl (C=O) groups is 1. The van der Waals surface area contributed by atoms with Crippen LogP contribution < -0.4 is 5.63 Å². The molecule has 0 amide bonds. The first kappa shape index (κ1) is 14.6. The van der Waals surface area contributed by atoms with Crippen LogP contribution in [0.4, 0.5) is 11.4 Å². The Kier molecular flexibility index (Phi) is 3.72. The number of nitrogens with zero attached hydrogens (tertiary/aromatic N) is 2. The first-order chi connectivity index (χ1) is 11.0. The third-order valence-electron chi connectivity index (χ3n) is 3.33. The summed E-state index contributed by atoms with van der Waals surface area (Å²) in [4.78, 5) is 22.2. The zero-order chi connectivity index (χ0) is 16.4. The minimum absolute atomic E-state index is 0.187. The van der Waals surface area contributed by atoms with Crippen molar-refractivity contribution in [2.45, 2.75) is 6.92 Å². The summed E-state index contributed by atoms with van der Waals surface area (Å²) >= 11 is 0. The maximum absolute atomic E-state index is 11.4. The monoisotopic (exact) mass is 308 g/mol. The third-order valence-corrected chi connectivity index (χ3v) is 3.33. The lowest BCUT2D eigenvalue weighted by Gasteiger charge is -2.00. The van der Waals surface area contributed by atoms with Crippen molar-refractivity contribution in [3.63, 3.8) is 0 Å². The van der Waals surface area contributed by atoms with E-state index in [0.29, 0.717) is 17.0 Å². The van der Waals surface area contributed by atoms with Gasteiger partial charge in [-0.05, 0) is 48.9 Å². The van der Waals surface area contributed by atoms with E-state index in [1.54, 1.807) is 24.3 Å². The minimum Gasteiger partial charge on any atom is -0.478 e. The first-order valence-corrected chi connectivity index (χ1v) is 6.82. The van der Waals surface area contributed by atoms with Crippen LogP contribution in [-0.4, -0.2) is 11.1 Å². The third kappa shape index (κ3) is 3.16. The number of carboxylic acid groups (broad SMARTS) is 1. The maximum Gasteiger partial charge on any atom is 0.336 e. The SMILES string of the molecule is Cc1cc(=O)oc2cc(N=Nc3ccc(C(=O)O)cc3)ccc12. The standard InChI is InChI=1S/C17H12N2O4/c1-10-8-16(20)23-15-9-13(6-7-14(10)15)19-18-12-4-2-11(3-5-12)17(21)22/h2-9H,1H3,(H,21,22). The molecule has 0 fully saturated rings. The second kappa shape index (κ2) is 5.84. The summed E-state index contributed by atoms with van der Waals surface area (Å²) in [6.45, 7) is 1.84. The van der Waals surface area contributed by atoms with Crippen LogP contribution in [0.15, 0.2) is 68.0 Å². The van der Waals surface area contributed by atoms with E-state index in [9.17, 15) is 9.59 Å². The van der Waals surface area contributed by atoms with Gasteiger partial charge in [0.25, 0.3) is 0 Å². The zero-order valence-electron chi connectivity index (χ0n) is 12.2. The van der Waals surface area contributed by atoms with E-state index in [0.717, 1.165) is 10.9 Å². The number of rotatable bonds is 3. The van der Waals surface area contributed by atoms with Gasteiger partial charge in [-0.1, -0.05) is 0 Å². The summed E-state index contributed by atoms with van der Waals surface area (Å²) in [5, 5.41) is 17.8. The molecule has 114 valence electrons. The van der Waals surface area contributed by atoms with E-state index in [1.807, 2.05) is 13.0 Å². The summed E-state index contributed by atoms with van der Waals surface area (Å²) in [7, 11) is 0. The van der Waals surface area contributed by atoms with Crippen molar-refractivity contribution in [1.82, 2.24) is 0 Å². The van der Waals surface area contributed by atoms with Crippen LogP contribution in [0.1, 0.15) is 15.9 Å². The number of fused-ring (bicyclic) bond motifs is 1. The summed E-state index contributed by atoms with van der Waals surface area (Å²) in [5.74, 6) is -0.992. The molecule has 23 heavy (non-hydrogen) atoms. The average molecular weight is 308 g/mol. The number of aromatic carboxylic acids is 1. The molecule has 0 aliphatic heterocycles. The smallest absolute Gasteiger partial charge is 0.336 e. The predicted octanol–water partition coefficient (Wildman–Crippen LogP) is 4.22. The van der Waals surface area contributed by atoms with Gasteiger partial charge in [0, 0.05) is 17.5 Å². The van der Waals surface area contributed by atoms with Gasteiger partial charge >= 0.3 is 11.6 Å². The molecule has 0 bridgehead atoms. The predicted molar refractivity (Wildman–Crippen MR) is 84.8 cm³/mol. The Labute approximate surface area is 130 Å². The van der Waals surface area contributed by atoms with Crippen molar-refractivity contribution in [3.8, 4) is 0 Å². The lowest BCUT2D eigenvalue weighted by Crippen LogP contribution is -1.97. The van der Waals surface area contributed by atoms with Crippen molar-refractivity contribution in [1.29, 1.82) is 0 Å². The quantitative estimate of drug-likeness (QED) is 0.579. The Balaban J connectivity index is 1.91. The number of azo groups is 1. The molecule has 6 nitrogen and oxygen atoms in total. The van der Waals surface area contributed by atoms with Crippen LogP contribution >= 0.6 is 0 Å². The Morgan fingerprint density at radius 3 is 2.35 bits per heavy atom. The number of hydrogen-bond acceptors (Lipinski definition) is 5. The topological polar surface area (TPSA) is 92.2 Å². The summed E-state index contributed by atoms with van der Waals surface area (Å²) in [6.07, 6.45) is 0. The van der Waals surface area contributed by atoms with Crippen LogP contribution in [0.25, 0.3) is 11.0 Å². The van der Waals surface area contributed by atoms with Gasteiger partial charge in [-0.25, -0.2) is 9.59 Å². The molecule has 0 spiro atoms. The fourth-order valence-corrected chi connectivity index (χ4v) is 2.16. The summed E-state index contributed by atoms with van der Waals surface area (Å²) in [6, 6.07) is 12.7. The van der Waals surface area contributed by atoms with Crippen molar-refractivity contribution >= 4 is 28.3 Å². The van der Waals surface area contributed by atoms with Crippen LogP contribution in [0, 0.1) is 6.92 Å². The van der Waals surface area contributed by atoms with Crippen LogP contribution in [0.3, 0.4) is 0 Å². The Morgan fingerprint density at radius 2 is 1.65 bits per heavy atom. The molecule has 0 aliphatic rings. The highest BCUT2D eigenvalue weighted by Gasteiger charge is 2.04. The molecule has 0 radical (unpaired) electrons. The molecule has 3 rings (SSSR count). The van der Waals surface area contributed by atoms with Gasteiger partial charge in [0.05, 0.1) is 16.9 Å². The number of carboxylic acids is 1. The van der Waals surface area contributed by atoms with Crippen molar-refractivity contribution in [3.05, 3.63) is 70.1 Å². The lowest BCUT2D eigenvalue weighted by molar-refractivity contribution is 0.0697. The molecule has 3 aromatic rings. The van der Waals surface area contributed by atoms with Crippen molar-refractivity contribution < 1.29 is 14.3 Å². The molecular weight excluding hydrogens is 296 g/mol. The number of aryl methyl sites for hydroxylation is 1. The van der Waals surface area contributed by atoms with Gasteiger partial charge in [0.1, 0.15) is 5.58 Å². The zero-order valence-corrected chi connectivity index (χ0v) is 12.2. The second-order valence-electron chi connectivity index (χ2n) is 4.98. The Hall–Kier alpha value is -3.28. The molecule has 0 aliphatic carbocycles. The summed E-state index contributed by atoms with van der Waals surface area (Å²) < 4.78 is 5.15. The highest BCUT2D eigenvalue weighted by Crippen LogP contribution is 2.24. The van der Waals surface area contributed by atoms with E-state index in [1.165, 1.54) is 18.2 Å². The highest BCUT2D eigenvalue weighted by atomic mass is 16.4. The van der Waals surface area contributed by atoms with E-state index >= 15 is 0 Å². The molecule has 0 saturated carbocycles. The van der Waals surface area contributed by atoms with Gasteiger partial charge in [-0.2, -0.15) is 10.2 Å². The van der Waals surface area contributed by atoms with E-state index in [-0.39, 0.29) is 5.56 Å². The minimum atomic E-state index is -0.992. The molecule has 2 aromatic carbocycles. The molecule has 0 saturated heterocycles. The van der Waals surface area contributed by atoms with Gasteiger partial charge in [0.15, 0.2) is 0 Å². The molecule has 1 aromatic heterocycles. The normalized spacial score (nSPS) is 11.2. The summed E-state index contributed by atoms with van der Waals surface area (Å²) in [5.41, 5.74) is 2.13. The molecule has 0 unspecified atom stereocenters. The Morgan fingerprint density at radius 1 is 1.00 bits per heavy atom. The van der Waals surface area contributed by atoms with Gasteiger partial charge in [0.2, 0.25) is 0 Å². The van der Waals surface area contributed by atoms with Crippen molar-refractivity contribution in [2.75, 3.05) is 0 Å². The molecule has 6 heteroatoms. The van der Waals surface area contributed by atoms with E-state index < -0.39 is 11.6 Å². The largest absolute Gasteiger partial charge is 0.478 e. The molecule has 0 atom stereocenters. The number of benzene rings is 2. The van der Waals surface area contributed by atoms with Gasteiger partial charge in [-0.15, -0.1) is 0 Å². The highest BCUT2D eigenvalue weighted by molar-refractivity contribution is 5.87. The average Bonchev–Trinajstić information content (AvgIpc) is 2.52.